The predicted molar refractivity (Wildman–Crippen MR) is 120 cm³/mol. The van der Waals surface area contributed by atoms with E-state index in [2.05, 4.69) is 47.4 Å². The third-order valence-electron chi connectivity index (χ3n) is 5.68. The third-order valence-corrected chi connectivity index (χ3v) is 6.70. The fraction of sp³-hybridized carbons (Fsp3) is 0.375. The summed E-state index contributed by atoms with van der Waals surface area (Å²) in [5, 5.41) is 1.13. The lowest BCUT2D eigenvalue weighted by Gasteiger charge is -2.31. The van der Waals surface area contributed by atoms with Gasteiger partial charge >= 0.3 is 0 Å². The Bertz CT molecular complexity index is 920. The van der Waals surface area contributed by atoms with Gasteiger partial charge in [-0.15, -0.1) is 0 Å². The van der Waals surface area contributed by atoms with Crippen LogP contribution in [0.1, 0.15) is 37.7 Å². The van der Waals surface area contributed by atoms with Crippen molar-refractivity contribution < 1.29 is 9.47 Å². The Labute approximate surface area is 176 Å². The Morgan fingerprint density at radius 1 is 0.931 bits per heavy atom. The lowest BCUT2D eigenvalue weighted by atomic mass is 9.94. The highest BCUT2D eigenvalue weighted by atomic mass is 32.2. The second kappa shape index (κ2) is 8.54. The van der Waals surface area contributed by atoms with Crippen molar-refractivity contribution in [2.75, 3.05) is 19.8 Å². The van der Waals surface area contributed by atoms with E-state index < -0.39 is 0 Å². The van der Waals surface area contributed by atoms with Crippen LogP contribution >= 0.6 is 11.8 Å². The molecule has 5 heteroatoms. The molecule has 1 aliphatic carbocycles. The Hall–Kier alpha value is -2.40. The molecule has 2 aromatic rings. The molecule has 2 fully saturated rings. The SMILES string of the molecule is C(=C1\CN(C2CCCCC2)/C(=N/c2ccccc2)S1)/c1ccc2c(c1)OCCO2. The van der Waals surface area contributed by atoms with Gasteiger partial charge in [0.1, 0.15) is 13.2 Å². The number of hydrogen-bond donors (Lipinski definition) is 0. The summed E-state index contributed by atoms with van der Waals surface area (Å²) in [7, 11) is 0. The van der Waals surface area contributed by atoms with Crippen LogP contribution in [0.3, 0.4) is 0 Å². The minimum Gasteiger partial charge on any atom is -0.486 e. The number of rotatable bonds is 3. The topological polar surface area (TPSA) is 34.1 Å². The van der Waals surface area contributed by atoms with Gasteiger partial charge in [0.15, 0.2) is 16.7 Å². The van der Waals surface area contributed by atoms with E-state index in [1.165, 1.54) is 37.0 Å². The zero-order valence-corrected chi connectivity index (χ0v) is 17.4. The Kier molecular flexibility index (Phi) is 5.48. The van der Waals surface area contributed by atoms with Crippen LogP contribution in [0.25, 0.3) is 6.08 Å². The highest BCUT2D eigenvalue weighted by molar-refractivity contribution is 8.17. The van der Waals surface area contributed by atoms with Crippen LogP contribution in [-0.4, -0.2) is 35.9 Å². The number of fused-ring (bicyclic) bond motifs is 1. The number of ether oxygens (including phenoxy) is 2. The fourth-order valence-corrected chi connectivity index (χ4v) is 5.35. The zero-order valence-electron chi connectivity index (χ0n) is 16.5. The molecule has 0 atom stereocenters. The first-order valence-corrected chi connectivity index (χ1v) is 11.4. The Balaban J connectivity index is 1.42. The summed E-state index contributed by atoms with van der Waals surface area (Å²) in [6, 6.07) is 17.1. The standard InChI is InChI=1S/C24H26N2O2S/c1-3-7-19(8-4-1)25-24-26(20-9-5-2-6-10-20)17-21(29-24)15-18-11-12-22-23(16-18)28-14-13-27-22/h1,3-4,7-8,11-12,15-16,20H,2,5-6,9-10,13-14,17H2/b21-15-,25-24-. The summed E-state index contributed by atoms with van der Waals surface area (Å²) < 4.78 is 11.4. The van der Waals surface area contributed by atoms with Crippen LogP contribution in [0.15, 0.2) is 58.4 Å². The first-order valence-electron chi connectivity index (χ1n) is 10.5. The van der Waals surface area contributed by atoms with Crippen molar-refractivity contribution in [2.24, 2.45) is 4.99 Å². The van der Waals surface area contributed by atoms with E-state index in [0.717, 1.165) is 34.5 Å². The molecule has 0 unspecified atom stereocenters. The van der Waals surface area contributed by atoms with Gasteiger partial charge in [0, 0.05) is 10.9 Å². The summed E-state index contributed by atoms with van der Waals surface area (Å²) in [5.74, 6) is 1.68. The second-order valence-corrected chi connectivity index (χ2v) is 8.86. The van der Waals surface area contributed by atoms with Crippen molar-refractivity contribution in [3.63, 3.8) is 0 Å². The summed E-state index contributed by atoms with van der Waals surface area (Å²) in [5.41, 5.74) is 2.18. The van der Waals surface area contributed by atoms with Crippen molar-refractivity contribution >= 4 is 28.7 Å². The molecule has 0 amide bonds. The maximum atomic E-state index is 5.75. The van der Waals surface area contributed by atoms with Crippen molar-refractivity contribution in [2.45, 2.75) is 38.1 Å². The van der Waals surface area contributed by atoms with E-state index >= 15 is 0 Å². The smallest absolute Gasteiger partial charge is 0.169 e. The minimum atomic E-state index is 0.602. The van der Waals surface area contributed by atoms with E-state index in [-0.39, 0.29) is 0 Å². The zero-order chi connectivity index (χ0) is 19.5. The quantitative estimate of drug-likeness (QED) is 0.639. The Morgan fingerprint density at radius 3 is 2.55 bits per heavy atom. The van der Waals surface area contributed by atoms with Gasteiger partial charge in [-0.3, -0.25) is 0 Å². The van der Waals surface area contributed by atoms with Gasteiger partial charge < -0.3 is 14.4 Å². The lowest BCUT2D eigenvalue weighted by Crippen LogP contribution is -2.37. The molecule has 29 heavy (non-hydrogen) atoms. The molecule has 0 spiro atoms. The first kappa shape index (κ1) is 18.6. The fourth-order valence-electron chi connectivity index (χ4n) is 4.23. The van der Waals surface area contributed by atoms with Crippen LogP contribution in [0.2, 0.25) is 0 Å². The molecule has 3 aliphatic rings. The van der Waals surface area contributed by atoms with Crippen LogP contribution in [0.5, 0.6) is 11.5 Å². The van der Waals surface area contributed by atoms with Crippen LogP contribution in [-0.2, 0) is 0 Å². The predicted octanol–water partition coefficient (Wildman–Crippen LogP) is 5.87. The molecule has 2 heterocycles. The Morgan fingerprint density at radius 2 is 1.72 bits per heavy atom. The van der Waals surface area contributed by atoms with Crippen molar-refractivity contribution in [1.29, 1.82) is 0 Å². The van der Waals surface area contributed by atoms with Gasteiger partial charge in [0.25, 0.3) is 0 Å². The number of amidine groups is 1. The molecule has 0 aromatic heterocycles. The van der Waals surface area contributed by atoms with Gasteiger partial charge in [-0.1, -0.05) is 55.3 Å². The number of thioether (sulfide) groups is 1. The normalized spacial score (nSPS) is 22.4. The molecular formula is C24H26N2O2S. The number of aliphatic imine (C=N–C) groups is 1. The molecule has 150 valence electrons. The monoisotopic (exact) mass is 406 g/mol. The molecule has 5 rings (SSSR count). The van der Waals surface area contributed by atoms with Gasteiger partial charge in [-0.25, -0.2) is 4.99 Å². The van der Waals surface area contributed by atoms with E-state index in [4.69, 9.17) is 14.5 Å². The molecule has 0 bridgehead atoms. The minimum absolute atomic E-state index is 0.602. The average Bonchev–Trinajstić information content (AvgIpc) is 3.17. The largest absolute Gasteiger partial charge is 0.486 e. The lowest BCUT2D eigenvalue weighted by molar-refractivity contribution is 0.171. The maximum absolute atomic E-state index is 5.75. The van der Waals surface area contributed by atoms with Crippen molar-refractivity contribution in [3.8, 4) is 11.5 Å². The molecule has 4 nitrogen and oxygen atoms in total. The third kappa shape index (κ3) is 4.30. The first-order chi connectivity index (χ1) is 14.3. The molecule has 2 aliphatic heterocycles. The summed E-state index contributed by atoms with van der Waals surface area (Å²) in [4.78, 5) is 8.86. The van der Waals surface area contributed by atoms with Gasteiger partial charge in [-0.2, -0.15) is 0 Å². The molecular weight excluding hydrogens is 380 g/mol. The van der Waals surface area contributed by atoms with E-state index in [9.17, 15) is 0 Å². The van der Waals surface area contributed by atoms with Crippen molar-refractivity contribution in [3.05, 3.63) is 59.0 Å². The van der Waals surface area contributed by atoms with E-state index in [1.54, 1.807) is 11.8 Å². The molecule has 0 radical (unpaired) electrons. The second-order valence-electron chi connectivity index (χ2n) is 7.77. The molecule has 0 N–H and O–H groups in total. The highest BCUT2D eigenvalue weighted by Crippen LogP contribution is 2.38. The van der Waals surface area contributed by atoms with E-state index in [0.29, 0.717) is 19.3 Å². The maximum Gasteiger partial charge on any atom is 0.169 e. The van der Waals surface area contributed by atoms with Crippen LogP contribution in [0, 0.1) is 0 Å². The van der Waals surface area contributed by atoms with Gasteiger partial charge in [0.2, 0.25) is 0 Å². The number of nitrogens with zero attached hydrogens (tertiary/aromatic N) is 2. The number of para-hydroxylation sites is 1. The summed E-state index contributed by atoms with van der Waals surface area (Å²) in [6.07, 6.45) is 8.82. The van der Waals surface area contributed by atoms with E-state index in [1.807, 2.05) is 12.1 Å². The van der Waals surface area contributed by atoms with Crippen LogP contribution in [0.4, 0.5) is 5.69 Å². The van der Waals surface area contributed by atoms with Crippen molar-refractivity contribution in [1.82, 2.24) is 4.90 Å². The number of benzene rings is 2. The van der Waals surface area contributed by atoms with Gasteiger partial charge in [0.05, 0.1) is 12.2 Å². The molecule has 1 saturated heterocycles. The molecule has 1 saturated carbocycles. The highest BCUT2D eigenvalue weighted by Gasteiger charge is 2.31. The molecule has 2 aromatic carbocycles. The van der Waals surface area contributed by atoms with Crippen LogP contribution < -0.4 is 9.47 Å². The number of hydrogen-bond acceptors (Lipinski definition) is 4. The summed E-state index contributed by atoms with van der Waals surface area (Å²) >= 11 is 1.80. The average molecular weight is 407 g/mol. The van der Waals surface area contributed by atoms with Gasteiger partial charge in [-0.05, 0) is 48.7 Å². The summed E-state index contributed by atoms with van der Waals surface area (Å²) in [6.45, 7) is 2.18.